The third kappa shape index (κ3) is 4.12. The van der Waals surface area contributed by atoms with Crippen molar-refractivity contribution in [3.8, 4) is 0 Å². The van der Waals surface area contributed by atoms with Crippen molar-refractivity contribution in [1.82, 2.24) is 4.98 Å². The molecule has 1 aromatic rings. The van der Waals surface area contributed by atoms with E-state index in [1.165, 1.54) is 12.8 Å². The summed E-state index contributed by atoms with van der Waals surface area (Å²) in [5.74, 6) is -0.440. The van der Waals surface area contributed by atoms with Crippen LogP contribution < -0.4 is 4.90 Å². The number of ether oxygens (including phenoxy) is 1. The molecule has 0 amide bonds. The quantitative estimate of drug-likeness (QED) is 0.440. The van der Waals surface area contributed by atoms with Crippen LogP contribution in [0.25, 0.3) is 0 Å². The Bertz CT molecular complexity index is 545. The highest BCUT2D eigenvalue weighted by Gasteiger charge is 2.23. The van der Waals surface area contributed by atoms with Crippen LogP contribution in [-0.2, 0) is 4.74 Å². The van der Waals surface area contributed by atoms with E-state index in [4.69, 9.17) is 9.84 Å². The molecule has 0 aliphatic heterocycles. The summed E-state index contributed by atoms with van der Waals surface area (Å²) in [4.78, 5) is 26.7. The third-order valence-electron chi connectivity index (χ3n) is 3.27. The van der Waals surface area contributed by atoms with Crippen LogP contribution in [0.4, 0.5) is 11.5 Å². The smallest absolute Gasteiger partial charge is 0.337 e. The van der Waals surface area contributed by atoms with Gasteiger partial charge in [-0.25, -0.2) is 9.78 Å². The second-order valence-electron chi connectivity index (χ2n) is 5.07. The highest BCUT2D eigenvalue weighted by atomic mass is 16.6. The van der Waals surface area contributed by atoms with Crippen LogP contribution in [-0.4, -0.2) is 47.8 Å². The summed E-state index contributed by atoms with van der Waals surface area (Å²) in [5, 5.41) is 19.9. The molecule has 0 bridgehead atoms. The fourth-order valence-corrected chi connectivity index (χ4v) is 1.83. The molecule has 1 heterocycles. The van der Waals surface area contributed by atoms with Gasteiger partial charge in [-0.1, -0.05) is 0 Å². The van der Waals surface area contributed by atoms with E-state index in [1.807, 2.05) is 0 Å². The Kier molecular flexibility index (Phi) is 4.69. The molecule has 1 N–H and O–H groups in total. The normalized spacial score (nSPS) is 14.0. The van der Waals surface area contributed by atoms with E-state index in [1.54, 1.807) is 11.9 Å². The average Bonchev–Trinajstić information content (AvgIpc) is 3.26. The van der Waals surface area contributed by atoms with E-state index in [-0.39, 0.29) is 17.1 Å². The summed E-state index contributed by atoms with van der Waals surface area (Å²) < 4.78 is 5.48. The van der Waals surface area contributed by atoms with E-state index in [9.17, 15) is 14.9 Å². The molecule has 1 saturated carbocycles. The summed E-state index contributed by atoms with van der Waals surface area (Å²) in [6, 6.07) is 1.02. The Morgan fingerprint density at radius 2 is 2.33 bits per heavy atom. The molecular formula is C13H17N3O5. The summed E-state index contributed by atoms with van der Waals surface area (Å²) in [6.45, 7) is 1.63. The Hall–Kier alpha value is -2.22. The minimum atomic E-state index is -1.24. The molecule has 8 nitrogen and oxygen atoms in total. The van der Waals surface area contributed by atoms with Gasteiger partial charge >= 0.3 is 11.7 Å². The minimum Gasteiger partial charge on any atom is -0.478 e. The fraction of sp³-hybridized carbons (Fsp3) is 0.538. The lowest BCUT2D eigenvalue weighted by molar-refractivity contribution is -0.384. The molecule has 8 heteroatoms. The second kappa shape index (κ2) is 6.49. The van der Waals surface area contributed by atoms with Crippen molar-refractivity contribution in [2.75, 3.05) is 31.7 Å². The second-order valence-corrected chi connectivity index (χ2v) is 5.07. The van der Waals surface area contributed by atoms with Gasteiger partial charge in [0.15, 0.2) is 0 Å². The minimum absolute atomic E-state index is 0.139. The zero-order valence-electron chi connectivity index (χ0n) is 11.7. The SMILES string of the molecule is CN(CCOCC1CC1)c1ncc(C(=O)O)cc1[N+](=O)[O-]. The maximum absolute atomic E-state index is 11.0. The number of carbonyl (C=O) groups is 1. The molecule has 0 atom stereocenters. The number of pyridine rings is 1. The van der Waals surface area contributed by atoms with Crippen LogP contribution in [0.1, 0.15) is 23.2 Å². The number of nitrogens with zero attached hydrogens (tertiary/aromatic N) is 3. The largest absolute Gasteiger partial charge is 0.478 e. The van der Waals surface area contributed by atoms with Crippen molar-refractivity contribution >= 4 is 17.5 Å². The summed E-state index contributed by atoms with van der Waals surface area (Å²) in [5.41, 5.74) is -0.525. The summed E-state index contributed by atoms with van der Waals surface area (Å²) >= 11 is 0. The maximum Gasteiger partial charge on any atom is 0.337 e. The molecule has 0 unspecified atom stereocenters. The summed E-state index contributed by atoms with van der Waals surface area (Å²) in [7, 11) is 1.66. The van der Waals surface area contributed by atoms with Crippen LogP contribution in [0.3, 0.4) is 0 Å². The Morgan fingerprint density at radius 1 is 1.62 bits per heavy atom. The van der Waals surface area contributed by atoms with Gasteiger partial charge in [0.1, 0.15) is 0 Å². The lowest BCUT2D eigenvalue weighted by atomic mass is 10.2. The van der Waals surface area contributed by atoms with Crippen LogP contribution >= 0.6 is 0 Å². The number of nitro groups is 1. The number of hydrogen-bond acceptors (Lipinski definition) is 6. The predicted molar refractivity (Wildman–Crippen MR) is 74.7 cm³/mol. The van der Waals surface area contributed by atoms with Gasteiger partial charge in [0, 0.05) is 32.5 Å². The molecule has 2 rings (SSSR count). The van der Waals surface area contributed by atoms with E-state index < -0.39 is 10.9 Å². The van der Waals surface area contributed by atoms with Gasteiger partial charge in [0.05, 0.1) is 17.1 Å². The predicted octanol–water partition coefficient (Wildman–Crippen LogP) is 1.55. The lowest BCUT2D eigenvalue weighted by Gasteiger charge is -2.18. The van der Waals surface area contributed by atoms with Crippen LogP contribution in [0.5, 0.6) is 0 Å². The van der Waals surface area contributed by atoms with Crippen molar-refractivity contribution < 1.29 is 19.6 Å². The first-order valence-electron chi connectivity index (χ1n) is 6.65. The van der Waals surface area contributed by atoms with Crippen molar-refractivity contribution in [2.24, 2.45) is 5.92 Å². The van der Waals surface area contributed by atoms with Gasteiger partial charge in [0.2, 0.25) is 5.82 Å². The number of aromatic carboxylic acids is 1. The zero-order chi connectivity index (χ0) is 15.4. The van der Waals surface area contributed by atoms with Crippen molar-refractivity contribution in [2.45, 2.75) is 12.8 Å². The number of carboxylic acid groups (broad SMARTS) is 1. The third-order valence-corrected chi connectivity index (χ3v) is 3.27. The first-order valence-corrected chi connectivity index (χ1v) is 6.65. The molecule has 21 heavy (non-hydrogen) atoms. The van der Waals surface area contributed by atoms with E-state index in [0.29, 0.717) is 19.1 Å². The number of hydrogen-bond donors (Lipinski definition) is 1. The fourth-order valence-electron chi connectivity index (χ4n) is 1.83. The molecular weight excluding hydrogens is 278 g/mol. The van der Waals surface area contributed by atoms with Gasteiger partial charge in [-0.3, -0.25) is 10.1 Å². The average molecular weight is 295 g/mol. The van der Waals surface area contributed by atoms with Crippen molar-refractivity contribution in [3.63, 3.8) is 0 Å². The molecule has 0 saturated heterocycles. The molecule has 114 valence electrons. The van der Waals surface area contributed by atoms with Crippen molar-refractivity contribution in [3.05, 3.63) is 27.9 Å². The number of aromatic nitrogens is 1. The standard InChI is InChI=1S/C13H17N3O5/c1-15(4-5-21-8-9-2-3-9)12-11(16(19)20)6-10(7-14-12)13(17)18/h6-7,9H,2-5,8H2,1H3,(H,17,18). The topological polar surface area (TPSA) is 106 Å². The van der Waals surface area contributed by atoms with E-state index in [0.717, 1.165) is 18.9 Å². The lowest BCUT2D eigenvalue weighted by Crippen LogP contribution is -2.25. The Labute approximate surface area is 121 Å². The monoisotopic (exact) mass is 295 g/mol. The van der Waals surface area contributed by atoms with Crippen LogP contribution in [0, 0.1) is 16.0 Å². The van der Waals surface area contributed by atoms with E-state index >= 15 is 0 Å². The Morgan fingerprint density at radius 3 is 2.90 bits per heavy atom. The van der Waals surface area contributed by atoms with Gasteiger partial charge in [-0.2, -0.15) is 0 Å². The molecule has 1 aromatic heterocycles. The van der Waals surface area contributed by atoms with Gasteiger partial charge in [0.25, 0.3) is 0 Å². The van der Waals surface area contributed by atoms with Crippen LogP contribution in [0.2, 0.25) is 0 Å². The Balaban J connectivity index is 2.01. The highest BCUT2D eigenvalue weighted by Crippen LogP contribution is 2.29. The molecule has 1 aliphatic rings. The summed E-state index contributed by atoms with van der Waals surface area (Å²) in [6.07, 6.45) is 3.53. The molecule has 0 radical (unpaired) electrons. The van der Waals surface area contributed by atoms with Gasteiger partial charge in [-0.15, -0.1) is 0 Å². The highest BCUT2D eigenvalue weighted by molar-refractivity contribution is 5.88. The number of likely N-dealkylation sites (N-methyl/N-ethyl adjacent to an activating group) is 1. The number of rotatable bonds is 8. The molecule has 1 aliphatic carbocycles. The number of anilines is 1. The number of carboxylic acids is 1. The van der Waals surface area contributed by atoms with Crippen LogP contribution in [0.15, 0.2) is 12.3 Å². The van der Waals surface area contributed by atoms with E-state index in [2.05, 4.69) is 4.98 Å². The molecule has 0 spiro atoms. The first kappa shape index (κ1) is 15.2. The first-order chi connectivity index (χ1) is 9.99. The zero-order valence-corrected chi connectivity index (χ0v) is 11.7. The molecule has 1 fully saturated rings. The maximum atomic E-state index is 11.0. The molecule has 0 aromatic carbocycles. The van der Waals surface area contributed by atoms with Gasteiger partial charge < -0.3 is 14.7 Å². The van der Waals surface area contributed by atoms with Gasteiger partial charge in [-0.05, 0) is 18.8 Å². The van der Waals surface area contributed by atoms with Crippen molar-refractivity contribution in [1.29, 1.82) is 0 Å².